The summed E-state index contributed by atoms with van der Waals surface area (Å²) in [7, 11) is 1.91. The van der Waals surface area contributed by atoms with E-state index in [9.17, 15) is 4.39 Å². The van der Waals surface area contributed by atoms with E-state index in [0.29, 0.717) is 6.54 Å². The third-order valence-electron chi connectivity index (χ3n) is 3.02. The van der Waals surface area contributed by atoms with E-state index >= 15 is 0 Å². The number of hydrogen-bond acceptors (Lipinski definition) is 2. The molecule has 0 saturated carbocycles. The molecule has 0 amide bonds. The van der Waals surface area contributed by atoms with Gasteiger partial charge in [-0.15, -0.1) is 0 Å². The molecule has 0 spiro atoms. The summed E-state index contributed by atoms with van der Waals surface area (Å²) in [5, 5.41) is 0. The van der Waals surface area contributed by atoms with Gasteiger partial charge in [-0.2, -0.15) is 0 Å². The largest absolute Gasteiger partial charge is 0.389 e. The minimum absolute atomic E-state index is 0.0718. The summed E-state index contributed by atoms with van der Waals surface area (Å²) in [5.41, 5.74) is 7.64. The second-order valence-electron chi connectivity index (χ2n) is 4.48. The molecule has 0 atom stereocenters. The Morgan fingerprint density at radius 1 is 1.30 bits per heavy atom. The fourth-order valence-electron chi connectivity index (χ4n) is 1.91. The Balaban J connectivity index is 2.22. The number of hydrogen-bond donors (Lipinski definition) is 1. The topological polar surface area (TPSA) is 29.3 Å². The van der Waals surface area contributed by atoms with E-state index < -0.39 is 5.82 Å². The van der Waals surface area contributed by atoms with Crippen LogP contribution in [0.2, 0.25) is 0 Å². The van der Waals surface area contributed by atoms with Crippen molar-refractivity contribution >= 4 is 38.8 Å². The fourth-order valence-corrected chi connectivity index (χ4v) is 2.49. The predicted octanol–water partition coefficient (Wildman–Crippen LogP) is 3.86. The smallest absolute Gasteiger partial charge is 0.135 e. The highest BCUT2D eigenvalue weighted by molar-refractivity contribution is 9.10. The van der Waals surface area contributed by atoms with Crippen LogP contribution in [0.1, 0.15) is 11.1 Å². The van der Waals surface area contributed by atoms with Gasteiger partial charge >= 0.3 is 0 Å². The highest BCUT2D eigenvalue weighted by Gasteiger charge is 2.09. The number of anilines is 1. The summed E-state index contributed by atoms with van der Waals surface area (Å²) in [6.45, 7) is 0.674. The first-order chi connectivity index (χ1) is 9.49. The zero-order chi connectivity index (χ0) is 14.7. The molecule has 0 aromatic heterocycles. The Labute approximate surface area is 131 Å². The second kappa shape index (κ2) is 6.33. The monoisotopic (exact) mass is 352 g/mol. The lowest BCUT2D eigenvalue weighted by atomic mass is 10.1. The maximum atomic E-state index is 13.9. The van der Waals surface area contributed by atoms with E-state index in [4.69, 9.17) is 18.0 Å². The standard InChI is InChI=1S/C15H14BrFN2S/c1-19(9-10-4-2-3-5-13(10)16)11-6-7-12(15(18)20)14(17)8-11/h2-8H,9H2,1H3,(H2,18,20). The van der Waals surface area contributed by atoms with Crippen molar-refractivity contribution in [3.63, 3.8) is 0 Å². The maximum Gasteiger partial charge on any atom is 0.135 e. The van der Waals surface area contributed by atoms with Gasteiger partial charge < -0.3 is 10.6 Å². The molecule has 0 aliphatic rings. The van der Waals surface area contributed by atoms with Crippen molar-refractivity contribution < 1.29 is 4.39 Å². The van der Waals surface area contributed by atoms with Gasteiger partial charge in [0, 0.05) is 29.3 Å². The van der Waals surface area contributed by atoms with Gasteiger partial charge in [0.05, 0.1) is 0 Å². The van der Waals surface area contributed by atoms with Crippen LogP contribution in [0.3, 0.4) is 0 Å². The average Bonchev–Trinajstić information content (AvgIpc) is 2.40. The molecule has 0 bridgehead atoms. The summed E-state index contributed by atoms with van der Waals surface area (Å²) in [6.07, 6.45) is 0. The first kappa shape index (κ1) is 14.9. The molecular weight excluding hydrogens is 339 g/mol. The van der Waals surface area contributed by atoms with E-state index in [1.165, 1.54) is 6.07 Å². The second-order valence-corrected chi connectivity index (χ2v) is 5.77. The molecular formula is C15H14BrFN2S. The zero-order valence-electron chi connectivity index (χ0n) is 10.9. The van der Waals surface area contributed by atoms with Crippen LogP contribution in [-0.2, 0) is 6.54 Å². The van der Waals surface area contributed by atoms with Gasteiger partial charge in [0.25, 0.3) is 0 Å². The molecule has 0 fully saturated rings. The molecule has 0 aliphatic heterocycles. The van der Waals surface area contributed by atoms with Crippen molar-refractivity contribution in [3.05, 3.63) is 63.9 Å². The predicted molar refractivity (Wildman–Crippen MR) is 88.5 cm³/mol. The van der Waals surface area contributed by atoms with Crippen molar-refractivity contribution in [2.45, 2.75) is 6.54 Å². The molecule has 5 heteroatoms. The van der Waals surface area contributed by atoms with Crippen molar-refractivity contribution in [1.82, 2.24) is 0 Å². The minimum atomic E-state index is -0.394. The van der Waals surface area contributed by atoms with E-state index in [-0.39, 0.29) is 10.6 Å². The van der Waals surface area contributed by atoms with Gasteiger partial charge in [-0.1, -0.05) is 46.3 Å². The minimum Gasteiger partial charge on any atom is -0.389 e. The zero-order valence-corrected chi connectivity index (χ0v) is 13.3. The number of thiocarbonyl (C=S) groups is 1. The molecule has 0 aliphatic carbocycles. The van der Waals surface area contributed by atoms with Crippen LogP contribution in [0.5, 0.6) is 0 Å². The molecule has 0 radical (unpaired) electrons. The SMILES string of the molecule is CN(Cc1ccccc1Br)c1ccc(C(N)=S)c(F)c1. The number of halogens is 2. The molecule has 2 rings (SSSR count). The molecule has 20 heavy (non-hydrogen) atoms. The van der Waals surface area contributed by atoms with Crippen LogP contribution in [0.25, 0.3) is 0 Å². The fraction of sp³-hybridized carbons (Fsp3) is 0.133. The van der Waals surface area contributed by atoms with Crippen molar-refractivity contribution in [2.75, 3.05) is 11.9 Å². The van der Waals surface area contributed by atoms with E-state index in [1.807, 2.05) is 42.3 Å². The molecule has 2 N–H and O–H groups in total. The Morgan fingerprint density at radius 2 is 2.00 bits per heavy atom. The highest BCUT2D eigenvalue weighted by atomic mass is 79.9. The van der Waals surface area contributed by atoms with Crippen molar-refractivity contribution in [2.24, 2.45) is 5.73 Å². The summed E-state index contributed by atoms with van der Waals surface area (Å²) < 4.78 is 14.9. The average molecular weight is 353 g/mol. The normalized spacial score (nSPS) is 10.3. The van der Waals surface area contributed by atoms with Crippen LogP contribution >= 0.6 is 28.1 Å². The quantitative estimate of drug-likeness (QED) is 0.847. The van der Waals surface area contributed by atoms with Gasteiger partial charge in [-0.05, 0) is 29.8 Å². The van der Waals surface area contributed by atoms with Crippen LogP contribution in [0.15, 0.2) is 46.9 Å². The third kappa shape index (κ3) is 3.35. The summed E-state index contributed by atoms with van der Waals surface area (Å²) in [4.78, 5) is 2.04. The lowest BCUT2D eigenvalue weighted by Gasteiger charge is -2.20. The molecule has 0 unspecified atom stereocenters. The Bertz CT molecular complexity index is 646. The summed E-state index contributed by atoms with van der Waals surface area (Å²) >= 11 is 8.31. The van der Waals surface area contributed by atoms with Crippen LogP contribution in [0.4, 0.5) is 10.1 Å². The summed E-state index contributed by atoms with van der Waals surface area (Å²) in [5.74, 6) is -0.394. The van der Waals surface area contributed by atoms with E-state index in [0.717, 1.165) is 15.7 Å². The van der Waals surface area contributed by atoms with Crippen molar-refractivity contribution in [1.29, 1.82) is 0 Å². The van der Waals surface area contributed by atoms with E-state index in [2.05, 4.69) is 15.9 Å². The van der Waals surface area contributed by atoms with Crippen molar-refractivity contribution in [3.8, 4) is 0 Å². The first-order valence-corrected chi connectivity index (χ1v) is 7.23. The molecule has 0 heterocycles. The maximum absolute atomic E-state index is 13.9. The number of benzene rings is 2. The van der Waals surface area contributed by atoms with Crippen LogP contribution in [0, 0.1) is 5.82 Å². The van der Waals surface area contributed by atoms with E-state index in [1.54, 1.807) is 6.07 Å². The number of rotatable bonds is 4. The first-order valence-electron chi connectivity index (χ1n) is 6.03. The number of nitrogens with zero attached hydrogens (tertiary/aromatic N) is 1. The molecule has 2 aromatic carbocycles. The molecule has 2 nitrogen and oxygen atoms in total. The lowest BCUT2D eigenvalue weighted by Crippen LogP contribution is -2.18. The van der Waals surface area contributed by atoms with Crippen LogP contribution < -0.4 is 10.6 Å². The van der Waals surface area contributed by atoms with Gasteiger partial charge in [-0.3, -0.25) is 0 Å². The van der Waals surface area contributed by atoms with Crippen LogP contribution in [-0.4, -0.2) is 12.0 Å². The Hall–Kier alpha value is -1.46. The molecule has 0 saturated heterocycles. The Morgan fingerprint density at radius 3 is 2.60 bits per heavy atom. The lowest BCUT2D eigenvalue weighted by molar-refractivity contribution is 0.624. The van der Waals surface area contributed by atoms with Gasteiger partial charge in [-0.25, -0.2) is 4.39 Å². The number of nitrogens with two attached hydrogens (primary N) is 1. The third-order valence-corrected chi connectivity index (χ3v) is 4.02. The van der Waals surface area contributed by atoms with Gasteiger partial charge in [0.15, 0.2) is 0 Å². The van der Waals surface area contributed by atoms with Gasteiger partial charge in [0.2, 0.25) is 0 Å². The Kier molecular flexibility index (Phi) is 4.73. The molecule has 104 valence electrons. The molecule has 2 aromatic rings. The highest BCUT2D eigenvalue weighted by Crippen LogP contribution is 2.22. The summed E-state index contributed by atoms with van der Waals surface area (Å²) in [6, 6.07) is 12.8. The van der Waals surface area contributed by atoms with Gasteiger partial charge in [0.1, 0.15) is 10.8 Å².